The van der Waals surface area contributed by atoms with Crippen LogP contribution in [-0.2, 0) is 10.0 Å². The van der Waals surface area contributed by atoms with Gasteiger partial charge >= 0.3 is 0 Å². The van der Waals surface area contributed by atoms with Gasteiger partial charge in [0.15, 0.2) is 0 Å². The molecule has 1 aromatic heterocycles. The summed E-state index contributed by atoms with van der Waals surface area (Å²) in [6.45, 7) is 3.93. The molecule has 4 rings (SSSR count). The van der Waals surface area contributed by atoms with E-state index >= 15 is 0 Å². The topological polar surface area (TPSA) is 105 Å². The number of aryl methyl sites for hydroxylation is 2. The standard InChI is InChI=1S/C25H25N5O3S/c1-17-4-6-20(7-5-17)28-25-26-18(2)16-24(29-25)27-19-8-10-21(11-9-19)30-34(31,32)23-14-12-22(33-3)13-15-23/h4-16,30H,1-3H3,(H2,26,27,28,29). The number of sulfonamides is 1. The number of ether oxygens (including phenoxy) is 1. The molecular formula is C25H25N5O3S. The maximum Gasteiger partial charge on any atom is 0.261 e. The van der Waals surface area contributed by atoms with Crippen LogP contribution in [0.2, 0.25) is 0 Å². The van der Waals surface area contributed by atoms with E-state index in [1.54, 1.807) is 36.4 Å². The van der Waals surface area contributed by atoms with Gasteiger partial charge in [0.2, 0.25) is 5.95 Å². The number of aromatic nitrogens is 2. The summed E-state index contributed by atoms with van der Waals surface area (Å²) in [5.41, 5.74) is 4.08. The van der Waals surface area contributed by atoms with Gasteiger partial charge in [-0.15, -0.1) is 0 Å². The van der Waals surface area contributed by atoms with Crippen LogP contribution in [0, 0.1) is 13.8 Å². The van der Waals surface area contributed by atoms with Crippen molar-refractivity contribution in [1.29, 1.82) is 0 Å². The van der Waals surface area contributed by atoms with Crippen molar-refractivity contribution in [2.45, 2.75) is 18.7 Å². The smallest absolute Gasteiger partial charge is 0.261 e. The Morgan fingerprint density at radius 3 is 1.97 bits per heavy atom. The van der Waals surface area contributed by atoms with Gasteiger partial charge in [0.05, 0.1) is 12.0 Å². The van der Waals surface area contributed by atoms with E-state index in [4.69, 9.17) is 4.74 Å². The molecule has 0 fully saturated rings. The molecular weight excluding hydrogens is 450 g/mol. The molecule has 3 aromatic carbocycles. The number of nitrogens with zero attached hydrogens (tertiary/aromatic N) is 2. The Morgan fingerprint density at radius 2 is 1.32 bits per heavy atom. The average Bonchev–Trinajstić information content (AvgIpc) is 2.81. The Kier molecular flexibility index (Phi) is 6.65. The number of nitrogens with one attached hydrogen (secondary N) is 3. The molecule has 0 saturated heterocycles. The molecule has 0 aliphatic carbocycles. The fourth-order valence-corrected chi connectivity index (χ4v) is 4.25. The number of methoxy groups -OCH3 is 1. The molecule has 0 bridgehead atoms. The van der Waals surface area contributed by atoms with Crippen molar-refractivity contribution >= 4 is 38.9 Å². The highest BCUT2D eigenvalue weighted by atomic mass is 32.2. The zero-order chi connectivity index (χ0) is 24.1. The van der Waals surface area contributed by atoms with E-state index in [0.29, 0.717) is 23.2 Å². The van der Waals surface area contributed by atoms with Crippen LogP contribution in [0.4, 0.5) is 28.8 Å². The highest BCUT2D eigenvalue weighted by Crippen LogP contribution is 2.23. The molecule has 0 unspecified atom stereocenters. The van der Waals surface area contributed by atoms with Gasteiger partial charge in [-0.1, -0.05) is 17.7 Å². The van der Waals surface area contributed by atoms with Crippen LogP contribution < -0.4 is 20.1 Å². The average molecular weight is 476 g/mol. The summed E-state index contributed by atoms with van der Waals surface area (Å²) in [5, 5.41) is 6.44. The first-order valence-corrected chi connectivity index (χ1v) is 12.0. The van der Waals surface area contributed by atoms with Crippen molar-refractivity contribution in [3.05, 3.63) is 90.1 Å². The van der Waals surface area contributed by atoms with Crippen molar-refractivity contribution in [3.8, 4) is 5.75 Å². The Bertz CT molecular complexity index is 1370. The Hall–Kier alpha value is -4.11. The summed E-state index contributed by atoms with van der Waals surface area (Å²) in [7, 11) is -2.18. The molecule has 0 aliphatic rings. The summed E-state index contributed by atoms with van der Waals surface area (Å²) in [5.74, 6) is 1.69. The number of rotatable bonds is 8. The van der Waals surface area contributed by atoms with Crippen LogP contribution in [-0.4, -0.2) is 25.5 Å². The molecule has 3 N–H and O–H groups in total. The zero-order valence-corrected chi connectivity index (χ0v) is 19.8. The molecule has 0 saturated carbocycles. The van der Waals surface area contributed by atoms with Gasteiger partial charge in [-0.05, 0) is 74.5 Å². The lowest BCUT2D eigenvalue weighted by Crippen LogP contribution is -2.12. The molecule has 0 amide bonds. The van der Waals surface area contributed by atoms with E-state index in [-0.39, 0.29) is 4.90 Å². The van der Waals surface area contributed by atoms with Gasteiger partial charge in [0.1, 0.15) is 11.6 Å². The number of benzene rings is 3. The fourth-order valence-electron chi connectivity index (χ4n) is 3.19. The normalized spacial score (nSPS) is 11.0. The Balaban J connectivity index is 1.45. The first-order valence-electron chi connectivity index (χ1n) is 10.5. The van der Waals surface area contributed by atoms with E-state index < -0.39 is 10.0 Å². The highest BCUT2D eigenvalue weighted by Gasteiger charge is 2.14. The second kappa shape index (κ2) is 9.80. The van der Waals surface area contributed by atoms with E-state index in [9.17, 15) is 8.42 Å². The third-order valence-electron chi connectivity index (χ3n) is 4.94. The minimum Gasteiger partial charge on any atom is -0.497 e. The Labute approximate surface area is 199 Å². The summed E-state index contributed by atoms with van der Waals surface area (Å²) in [4.78, 5) is 9.12. The predicted molar refractivity (Wildman–Crippen MR) is 135 cm³/mol. The summed E-state index contributed by atoms with van der Waals surface area (Å²) in [6, 6.07) is 22.9. The predicted octanol–water partition coefficient (Wildman–Crippen LogP) is 5.39. The molecule has 8 nitrogen and oxygen atoms in total. The highest BCUT2D eigenvalue weighted by molar-refractivity contribution is 7.92. The quantitative estimate of drug-likeness (QED) is 0.314. The van der Waals surface area contributed by atoms with E-state index in [1.807, 2.05) is 44.2 Å². The van der Waals surface area contributed by atoms with Gasteiger partial charge in [-0.2, -0.15) is 4.98 Å². The van der Waals surface area contributed by atoms with Gasteiger partial charge in [0.25, 0.3) is 10.0 Å². The molecule has 9 heteroatoms. The third kappa shape index (κ3) is 5.81. The minimum absolute atomic E-state index is 0.153. The maximum atomic E-state index is 12.6. The largest absolute Gasteiger partial charge is 0.497 e. The fraction of sp³-hybridized carbons (Fsp3) is 0.120. The number of anilines is 5. The number of hydrogen-bond donors (Lipinski definition) is 3. The molecule has 0 spiro atoms. The van der Waals surface area contributed by atoms with Gasteiger partial charge in [-0.3, -0.25) is 4.72 Å². The SMILES string of the molecule is COc1ccc(S(=O)(=O)Nc2ccc(Nc3cc(C)nc(Nc4ccc(C)cc4)n3)cc2)cc1. The van der Waals surface area contributed by atoms with Crippen molar-refractivity contribution in [1.82, 2.24) is 9.97 Å². The molecule has 0 radical (unpaired) electrons. The van der Waals surface area contributed by atoms with Crippen molar-refractivity contribution < 1.29 is 13.2 Å². The van der Waals surface area contributed by atoms with Gasteiger partial charge < -0.3 is 15.4 Å². The van der Waals surface area contributed by atoms with Crippen LogP contribution >= 0.6 is 0 Å². The molecule has 174 valence electrons. The maximum absolute atomic E-state index is 12.6. The lowest BCUT2D eigenvalue weighted by molar-refractivity contribution is 0.414. The monoisotopic (exact) mass is 475 g/mol. The second-order valence-electron chi connectivity index (χ2n) is 7.69. The lowest BCUT2D eigenvalue weighted by atomic mass is 10.2. The van der Waals surface area contributed by atoms with Crippen molar-refractivity contribution in [3.63, 3.8) is 0 Å². The first-order chi connectivity index (χ1) is 16.3. The summed E-state index contributed by atoms with van der Waals surface area (Å²) < 4.78 is 32.9. The van der Waals surface area contributed by atoms with Gasteiger partial charge in [0, 0.05) is 28.8 Å². The van der Waals surface area contributed by atoms with Crippen LogP contribution in [0.25, 0.3) is 0 Å². The van der Waals surface area contributed by atoms with Crippen LogP contribution in [0.15, 0.2) is 83.8 Å². The summed E-state index contributed by atoms with van der Waals surface area (Å²) >= 11 is 0. The van der Waals surface area contributed by atoms with Gasteiger partial charge in [-0.25, -0.2) is 13.4 Å². The molecule has 4 aromatic rings. The molecule has 34 heavy (non-hydrogen) atoms. The third-order valence-corrected chi connectivity index (χ3v) is 6.34. The minimum atomic E-state index is -3.71. The zero-order valence-electron chi connectivity index (χ0n) is 19.0. The molecule has 0 atom stereocenters. The van der Waals surface area contributed by atoms with E-state index in [2.05, 4.69) is 25.3 Å². The first kappa shape index (κ1) is 23.1. The van der Waals surface area contributed by atoms with Crippen molar-refractivity contribution in [2.24, 2.45) is 0 Å². The molecule has 0 aliphatic heterocycles. The van der Waals surface area contributed by atoms with Crippen molar-refractivity contribution in [2.75, 3.05) is 22.5 Å². The Morgan fingerprint density at radius 1 is 0.735 bits per heavy atom. The lowest BCUT2D eigenvalue weighted by Gasteiger charge is -2.12. The van der Waals surface area contributed by atoms with E-state index in [0.717, 1.165) is 17.1 Å². The van der Waals surface area contributed by atoms with Crippen LogP contribution in [0.3, 0.4) is 0 Å². The molecule has 1 heterocycles. The van der Waals surface area contributed by atoms with Crippen LogP contribution in [0.1, 0.15) is 11.3 Å². The number of hydrogen-bond acceptors (Lipinski definition) is 7. The van der Waals surface area contributed by atoms with Crippen LogP contribution in [0.5, 0.6) is 5.75 Å². The van der Waals surface area contributed by atoms with E-state index in [1.165, 1.54) is 24.8 Å². The summed E-state index contributed by atoms with van der Waals surface area (Å²) in [6.07, 6.45) is 0. The second-order valence-corrected chi connectivity index (χ2v) is 9.37.